The second kappa shape index (κ2) is 4.79. The van der Waals surface area contributed by atoms with Gasteiger partial charge in [0.25, 0.3) is 0 Å². The summed E-state index contributed by atoms with van der Waals surface area (Å²) in [7, 11) is 0. The third-order valence-electron chi connectivity index (χ3n) is 2.96. The molecule has 1 N–H and O–H groups in total. The maximum Gasteiger partial charge on any atom is 0.231 e. The maximum absolute atomic E-state index is 5.34. The topological polar surface area (TPSA) is 61.2 Å². The molecule has 6 heteroatoms. The van der Waals surface area contributed by atoms with E-state index in [1.165, 1.54) is 0 Å². The van der Waals surface area contributed by atoms with Gasteiger partial charge in [0.2, 0.25) is 6.79 Å². The van der Waals surface area contributed by atoms with E-state index in [-0.39, 0.29) is 0 Å². The normalized spacial score (nSPS) is 13.0. The van der Waals surface area contributed by atoms with Crippen molar-refractivity contribution in [3.05, 3.63) is 30.4 Å². The van der Waals surface area contributed by atoms with E-state index in [2.05, 4.69) is 29.2 Å². The monoisotopic (exact) mass is 260 g/mol. The van der Waals surface area contributed by atoms with Crippen LogP contribution in [0, 0.1) is 0 Å². The SMILES string of the molecule is CC(C)n1ncnc1CNc1ccc2c(c1)OCO2. The Morgan fingerprint density at radius 2 is 2.16 bits per heavy atom. The van der Waals surface area contributed by atoms with Crippen LogP contribution < -0.4 is 14.8 Å². The Labute approximate surface area is 111 Å². The molecule has 6 nitrogen and oxygen atoms in total. The van der Waals surface area contributed by atoms with Crippen LogP contribution in [-0.4, -0.2) is 21.6 Å². The van der Waals surface area contributed by atoms with Crippen LogP contribution in [-0.2, 0) is 6.54 Å². The first-order valence-electron chi connectivity index (χ1n) is 6.26. The summed E-state index contributed by atoms with van der Waals surface area (Å²) in [5.74, 6) is 2.47. The van der Waals surface area contributed by atoms with Crippen LogP contribution in [0.5, 0.6) is 11.5 Å². The molecule has 0 amide bonds. The molecule has 3 rings (SSSR count). The van der Waals surface area contributed by atoms with Gasteiger partial charge in [0.1, 0.15) is 12.2 Å². The van der Waals surface area contributed by atoms with Crippen LogP contribution in [0.3, 0.4) is 0 Å². The van der Waals surface area contributed by atoms with E-state index in [0.717, 1.165) is 23.0 Å². The van der Waals surface area contributed by atoms with Crippen molar-refractivity contribution >= 4 is 5.69 Å². The smallest absolute Gasteiger partial charge is 0.231 e. The Bertz CT molecular complexity index is 580. The average molecular weight is 260 g/mol. The molecule has 100 valence electrons. The van der Waals surface area contributed by atoms with Gasteiger partial charge in [-0.15, -0.1) is 0 Å². The first-order valence-corrected chi connectivity index (χ1v) is 6.26. The summed E-state index contributed by atoms with van der Waals surface area (Å²) < 4.78 is 12.5. The van der Waals surface area contributed by atoms with E-state index in [0.29, 0.717) is 19.4 Å². The number of hydrogen-bond donors (Lipinski definition) is 1. The van der Waals surface area contributed by atoms with E-state index in [4.69, 9.17) is 9.47 Å². The van der Waals surface area contributed by atoms with Crippen LogP contribution in [0.2, 0.25) is 0 Å². The van der Waals surface area contributed by atoms with Gasteiger partial charge in [0, 0.05) is 17.8 Å². The summed E-state index contributed by atoms with van der Waals surface area (Å²) in [5, 5.41) is 7.52. The number of fused-ring (bicyclic) bond motifs is 1. The number of anilines is 1. The maximum atomic E-state index is 5.34. The molecule has 0 fully saturated rings. The molecule has 1 aliphatic rings. The fourth-order valence-corrected chi connectivity index (χ4v) is 2.02. The van der Waals surface area contributed by atoms with Crippen molar-refractivity contribution in [1.29, 1.82) is 0 Å². The van der Waals surface area contributed by atoms with E-state index >= 15 is 0 Å². The van der Waals surface area contributed by atoms with Crippen molar-refractivity contribution in [2.24, 2.45) is 0 Å². The van der Waals surface area contributed by atoms with E-state index in [9.17, 15) is 0 Å². The molecule has 1 aromatic heterocycles. The fourth-order valence-electron chi connectivity index (χ4n) is 2.02. The Morgan fingerprint density at radius 1 is 1.32 bits per heavy atom. The average Bonchev–Trinajstić information content (AvgIpc) is 3.04. The number of hydrogen-bond acceptors (Lipinski definition) is 5. The molecule has 0 spiro atoms. The third kappa shape index (κ3) is 2.33. The number of nitrogens with one attached hydrogen (secondary N) is 1. The van der Waals surface area contributed by atoms with Gasteiger partial charge in [-0.1, -0.05) is 0 Å². The Balaban J connectivity index is 1.70. The van der Waals surface area contributed by atoms with E-state index < -0.39 is 0 Å². The Kier molecular flexibility index (Phi) is 2.98. The van der Waals surface area contributed by atoms with Crippen LogP contribution in [0.1, 0.15) is 25.7 Å². The zero-order chi connectivity index (χ0) is 13.2. The highest BCUT2D eigenvalue weighted by Crippen LogP contribution is 2.34. The number of ether oxygens (including phenoxy) is 2. The highest BCUT2D eigenvalue weighted by atomic mass is 16.7. The predicted octanol–water partition coefficient (Wildman–Crippen LogP) is 2.20. The first kappa shape index (κ1) is 11.8. The quantitative estimate of drug-likeness (QED) is 0.913. The number of nitrogens with zero attached hydrogens (tertiary/aromatic N) is 3. The summed E-state index contributed by atoms with van der Waals surface area (Å²) >= 11 is 0. The molecule has 0 unspecified atom stereocenters. The van der Waals surface area contributed by atoms with Crippen LogP contribution in [0.25, 0.3) is 0 Å². The molecule has 19 heavy (non-hydrogen) atoms. The second-order valence-corrected chi connectivity index (χ2v) is 4.64. The van der Waals surface area contributed by atoms with Crippen molar-refractivity contribution in [3.63, 3.8) is 0 Å². The molecule has 0 saturated carbocycles. The predicted molar refractivity (Wildman–Crippen MR) is 70.3 cm³/mol. The lowest BCUT2D eigenvalue weighted by molar-refractivity contribution is 0.174. The lowest BCUT2D eigenvalue weighted by atomic mass is 10.3. The zero-order valence-corrected chi connectivity index (χ0v) is 11.0. The third-order valence-corrected chi connectivity index (χ3v) is 2.96. The van der Waals surface area contributed by atoms with Crippen LogP contribution >= 0.6 is 0 Å². The van der Waals surface area contributed by atoms with Crippen molar-refractivity contribution in [2.45, 2.75) is 26.4 Å². The molecule has 0 atom stereocenters. The van der Waals surface area contributed by atoms with Crippen molar-refractivity contribution in [2.75, 3.05) is 12.1 Å². The molecule has 1 aliphatic heterocycles. The Morgan fingerprint density at radius 3 is 3.00 bits per heavy atom. The highest BCUT2D eigenvalue weighted by molar-refractivity contribution is 5.55. The minimum Gasteiger partial charge on any atom is -0.454 e. The van der Waals surface area contributed by atoms with Gasteiger partial charge >= 0.3 is 0 Å². The number of rotatable bonds is 4. The van der Waals surface area contributed by atoms with Gasteiger partial charge in [-0.25, -0.2) is 9.67 Å². The molecule has 0 aliphatic carbocycles. The largest absolute Gasteiger partial charge is 0.454 e. The highest BCUT2D eigenvalue weighted by Gasteiger charge is 2.13. The molecule has 0 saturated heterocycles. The van der Waals surface area contributed by atoms with Crippen molar-refractivity contribution in [3.8, 4) is 11.5 Å². The van der Waals surface area contributed by atoms with Crippen LogP contribution in [0.15, 0.2) is 24.5 Å². The molecule has 0 radical (unpaired) electrons. The molecular formula is C13H16N4O2. The molecule has 1 aromatic carbocycles. The van der Waals surface area contributed by atoms with Gasteiger partial charge in [-0.05, 0) is 26.0 Å². The summed E-state index contributed by atoms with van der Waals surface area (Å²) in [4.78, 5) is 4.26. The van der Waals surface area contributed by atoms with Gasteiger partial charge < -0.3 is 14.8 Å². The minimum atomic E-state index is 0.292. The van der Waals surface area contributed by atoms with Crippen molar-refractivity contribution in [1.82, 2.24) is 14.8 Å². The standard InChI is InChI=1S/C13H16N4O2/c1-9(2)17-13(15-7-16-17)6-14-10-3-4-11-12(5-10)19-8-18-11/h3-5,7,9,14H,6,8H2,1-2H3. The van der Waals surface area contributed by atoms with E-state index in [1.54, 1.807) is 6.33 Å². The van der Waals surface area contributed by atoms with Gasteiger partial charge in [0.15, 0.2) is 11.5 Å². The summed E-state index contributed by atoms with van der Waals surface area (Å²) in [6, 6.07) is 6.09. The molecular weight excluding hydrogens is 244 g/mol. The number of benzene rings is 1. The van der Waals surface area contributed by atoms with Crippen molar-refractivity contribution < 1.29 is 9.47 Å². The van der Waals surface area contributed by atoms with Gasteiger partial charge in [-0.3, -0.25) is 0 Å². The minimum absolute atomic E-state index is 0.292. The van der Waals surface area contributed by atoms with Gasteiger partial charge in [0.05, 0.1) is 6.54 Å². The lowest BCUT2D eigenvalue weighted by Crippen LogP contribution is -2.11. The summed E-state index contributed by atoms with van der Waals surface area (Å²) in [6.07, 6.45) is 1.58. The second-order valence-electron chi connectivity index (χ2n) is 4.64. The lowest BCUT2D eigenvalue weighted by Gasteiger charge is -2.11. The van der Waals surface area contributed by atoms with Gasteiger partial charge in [-0.2, -0.15) is 5.10 Å². The summed E-state index contributed by atoms with van der Waals surface area (Å²) in [6.45, 7) is 5.08. The molecule has 0 bridgehead atoms. The first-order chi connectivity index (χ1) is 9.24. The van der Waals surface area contributed by atoms with Crippen LogP contribution in [0.4, 0.5) is 5.69 Å². The number of aromatic nitrogens is 3. The summed E-state index contributed by atoms with van der Waals surface area (Å²) in [5.41, 5.74) is 0.975. The Hall–Kier alpha value is -2.24. The molecule has 2 heterocycles. The fraction of sp³-hybridized carbons (Fsp3) is 0.385. The zero-order valence-electron chi connectivity index (χ0n) is 11.0. The molecule has 2 aromatic rings. The van der Waals surface area contributed by atoms with E-state index in [1.807, 2.05) is 22.9 Å².